The summed E-state index contributed by atoms with van der Waals surface area (Å²) in [6, 6.07) is 2.19. The van der Waals surface area contributed by atoms with Gasteiger partial charge in [-0.05, 0) is 31.9 Å². The molecule has 0 bridgehead atoms. The van der Waals surface area contributed by atoms with Crippen LogP contribution in [0.15, 0.2) is 6.07 Å². The van der Waals surface area contributed by atoms with Gasteiger partial charge in [-0.3, -0.25) is 9.69 Å². The number of hydrogen-bond donors (Lipinski definition) is 0. The fourth-order valence-corrected chi connectivity index (χ4v) is 3.04. The Bertz CT molecular complexity index is 380. The van der Waals surface area contributed by atoms with Crippen LogP contribution in [0.2, 0.25) is 0 Å². The van der Waals surface area contributed by atoms with Crippen molar-refractivity contribution in [3.8, 4) is 0 Å². The number of carbonyl (C=O) groups is 1. The minimum Gasteiger partial charge on any atom is -0.468 e. The Kier molecular flexibility index (Phi) is 3.30. The van der Waals surface area contributed by atoms with Crippen molar-refractivity contribution < 1.29 is 9.53 Å². The van der Waals surface area contributed by atoms with E-state index in [0.29, 0.717) is 0 Å². The highest BCUT2D eigenvalue weighted by Gasteiger charge is 2.34. The van der Waals surface area contributed by atoms with Gasteiger partial charge in [-0.1, -0.05) is 0 Å². The number of aryl methyl sites for hydroxylation is 2. The Balaban J connectivity index is 1.98. The molecule has 0 N–H and O–H groups in total. The van der Waals surface area contributed by atoms with E-state index < -0.39 is 0 Å². The Morgan fingerprint density at radius 2 is 2.38 bits per heavy atom. The lowest BCUT2D eigenvalue weighted by atomic mass is 10.0. The van der Waals surface area contributed by atoms with Crippen LogP contribution in [-0.4, -0.2) is 30.6 Å². The lowest BCUT2D eigenvalue weighted by molar-refractivity contribution is -0.152. The van der Waals surface area contributed by atoms with Crippen molar-refractivity contribution in [3.05, 3.63) is 21.4 Å². The van der Waals surface area contributed by atoms with Crippen molar-refractivity contribution in [2.45, 2.75) is 32.9 Å². The zero-order valence-electron chi connectivity index (χ0n) is 9.95. The average Bonchev–Trinajstić information content (AvgIpc) is 2.53. The molecule has 1 fully saturated rings. The Labute approximate surface area is 100 Å². The van der Waals surface area contributed by atoms with Crippen molar-refractivity contribution in [3.63, 3.8) is 0 Å². The molecule has 4 heteroatoms. The number of esters is 1. The van der Waals surface area contributed by atoms with E-state index in [0.717, 1.165) is 19.5 Å². The van der Waals surface area contributed by atoms with Crippen LogP contribution in [0.3, 0.4) is 0 Å². The van der Waals surface area contributed by atoms with Gasteiger partial charge < -0.3 is 4.74 Å². The summed E-state index contributed by atoms with van der Waals surface area (Å²) in [7, 11) is 1.46. The molecule has 1 atom stereocenters. The molecule has 1 aliphatic rings. The average molecular weight is 239 g/mol. The molecule has 0 spiro atoms. The van der Waals surface area contributed by atoms with Gasteiger partial charge in [0.05, 0.1) is 7.11 Å². The first-order valence-electron chi connectivity index (χ1n) is 5.49. The summed E-state index contributed by atoms with van der Waals surface area (Å²) < 4.78 is 4.77. The normalized spacial score (nSPS) is 20.6. The van der Waals surface area contributed by atoms with Gasteiger partial charge in [0.1, 0.15) is 6.04 Å². The van der Waals surface area contributed by atoms with Gasteiger partial charge in [0, 0.05) is 22.8 Å². The fraction of sp³-hybridized carbons (Fsp3) is 0.583. The number of likely N-dealkylation sites (tertiary alicyclic amines) is 1. The molecule has 2 heterocycles. The second-order valence-electron chi connectivity index (χ2n) is 4.25. The molecule has 0 aromatic carbocycles. The number of thiophene rings is 1. The third-order valence-electron chi connectivity index (χ3n) is 3.18. The van der Waals surface area contributed by atoms with Crippen LogP contribution in [0.1, 0.15) is 21.7 Å². The first-order valence-corrected chi connectivity index (χ1v) is 6.31. The van der Waals surface area contributed by atoms with E-state index in [1.807, 2.05) is 11.3 Å². The molecule has 0 amide bonds. The molecule has 2 rings (SSSR count). The van der Waals surface area contributed by atoms with Crippen molar-refractivity contribution in [1.29, 1.82) is 0 Å². The Hall–Kier alpha value is -0.870. The molecule has 1 saturated heterocycles. The zero-order chi connectivity index (χ0) is 11.7. The van der Waals surface area contributed by atoms with E-state index in [-0.39, 0.29) is 12.0 Å². The summed E-state index contributed by atoms with van der Waals surface area (Å²) >= 11 is 1.82. The monoisotopic (exact) mass is 239 g/mol. The van der Waals surface area contributed by atoms with Gasteiger partial charge in [0.2, 0.25) is 0 Å². The van der Waals surface area contributed by atoms with E-state index in [1.54, 1.807) is 0 Å². The van der Waals surface area contributed by atoms with Gasteiger partial charge >= 0.3 is 5.97 Å². The van der Waals surface area contributed by atoms with Gasteiger partial charge in [0.25, 0.3) is 0 Å². The summed E-state index contributed by atoms with van der Waals surface area (Å²) in [4.78, 5) is 16.3. The van der Waals surface area contributed by atoms with Gasteiger partial charge in [-0.15, -0.1) is 11.3 Å². The number of nitrogens with zero attached hydrogens (tertiary/aromatic N) is 1. The highest BCUT2D eigenvalue weighted by molar-refractivity contribution is 7.12. The predicted molar refractivity (Wildman–Crippen MR) is 64.6 cm³/mol. The molecular weight excluding hydrogens is 222 g/mol. The zero-order valence-corrected chi connectivity index (χ0v) is 10.8. The summed E-state index contributed by atoms with van der Waals surface area (Å²) in [6.45, 7) is 6.13. The highest BCUT2D eigenvalue weighted by atomic mass is 32.1. The molecule has 3 nitrogen and oxygen atoms in total. The van der Waals surface area contributed by atoms with Crippen LogP contribution in [0.25, 0.3) is 0 Å². The van der Waals surface area contributed by atoms with Crippen molar-refractivity contribution in [2.75, 3.05) is 13.7 Å². The van der Waals surface area contributed by atoms with Gasteiger partial charge in [-0.25, -0.2) is 0 Å². The highest BCUT2D eigenvalue weighted by Crippen LogP contribution is 2.26. The maximum Gasteiger partial charge on any atom is 0.323 e. The van der Waals surface area contributed by atoms with Crippen molar-refractivity contribution in [1.82, 2.24) is 4.90 Å². The maximum atomic E-state index is 11.4. The summed E-state index contributed by atoms with van der Waals surface area (Å²) in [6.07, 6.45) is 0.927. The largest absolute Gasteiger partial charge is 0.468 e. The van der Waals surface area contributed by atoms with E-state index in [4.69, 9.17) is 4.74 Å². The third-order valence-corrected chi connectivity index (χ3v) is 4.32. The van der Waals surface area contributed by atoms with Gasteiger partial charge in [0.15, 0.2) is 0 Å². The molecule has 1 aliphatic heterocycles. The van der Waals surface area contributed by atoms with E-state index in [9.17, 15) is 4.79 Å². The van der Waals surface area contributed by atoms with Crippen LogP contribution < -0.4 is 0 Å². The quantitative estimate of drug-likeness (QED) is 0.757. The van der Waals surface area contributed by atoms with Crippen molar-refractivity contribution in [2.24, 2.45) is 0 Å². The number of rotatable bonds is 3. The van der Waals surface area contributed by atoms with Crippen molar-refractivity contribution >= 4 is 17.3 Å². The van der Waals surface area contributed by atoms with Crippen LogP contribution in [0, 0.1) is 13.8 Å². The van der Waals surface area contributed by atoms with E-state index in [1.165, 1.54) is 22.4 Å². The number of carbonyl (C=O) groups excluding carboxylic acids is 1. The molecule has 16 heavy (non-hydrogen) atoms. The molecule has 0 saturated carbocycles. The number of methoxy groups -OCH3 is 1. The van der Waals surface area contributed by atoms with E-state index >= 15 is 0 Å². The lowest BCUT2D eigenvalue weighted by Gasteiger charge is -2.38. The topological polar surface area (TPSA) is 29.5 Å². The molecular formula is C12H17NO2S. The van der Waals surface area contributed by atoms with Crippen LogP contribution in [-0.2, 0) is 16.1 Å². The second kappa shape index (κ2) is 4.55. The molecule has 1 aromatic rings. The molecule has 0 aliphatic carbocycles. The molecule has 1 aromatic heterocycles. The first kappa shape index (κ1) is 11.6. The Morgan fingerprint density at radius 3 is 2.81 bits per heavy atom. The first-order chi connectivity index (χ1) is 7.61. The molecule has 1 unspecified atom stereocenters. The standard InChI is InChI=1S/C12H17NO2S/c1-8-6-10(16-9(8)2)7-13-5-4-11(13)12(14)15-3/h6,11H,4-5,7H2,1-3H3. The number of ether oxygens (including phenoxy) is 1. The van der Waals surface area contributed by atoms with E-state index in [2.05, 4.69) is 24.8 Å². The smallest absolute Gasteiger partial charge is 0.323 e. The molecule has 88 valence electrons. The SMILES string of the molecule is COC(=O)C1CCN1Cc1cc(C)c(C)s1. The summed E-state index contributed by atoms with van der Waals surface area (Å²) in [5.41, 5.74) is 1.34. The summed E-state index contributed by atoms with van der Waals surface area (Å²) in [5.74, 6) is -0.101. The fourth-order valence-electron chi connectivity index (χ4n) is 1.96. The number of hydrogen-bond acceptors (Lipinski definition) is 4. The second-order valence-corrected chi connectivity index (χ2v) is 5.59. The minimum atomic E-state index is -0.101. The maximum absolute atomic E-state index is 11.4. The lowest BCUT2D eigenvalue weighted by Crippen LogP contribution is -2.51. The van der Waals surface area contributed by atoms with Gasteiger partial charge in [-0.2, -0.15) is 0 Å². The van der Waals surface area contributed by atoms with Crippen LogP contribution in [0.4, 0.5) is 0 Å². The van der Waals surface area contributed by atoms with Crippen LogP contribution in [0.5, 0.6) is 0 Å². The Morgan fingerprint density at radius 1 is 1.62 bits per heavy atom. The predicted octanol–water partition coefficient (Wildman–Crippen LogP) is 2.11. The molecule has 0 radical (unpaired) electrons. The minimum absolute atomic E-state index is 0.0206. The third kappa shape index (κ3) is 2.13. The van der Waals surface area contributed by atoms with Crippen LogP contribution >= 0.6 is 11.3 Å². The summed E-state index contributed by atoms with van der Waals surface area (Å²) in [5, 5.41) is 0.